The van der Waals surface area contributed by atoms with E-state index in [9.17, 15) is 4.79 Å². The normalized spacial score (nSPS) is 13.7. The minimum absolute atomic E-state index is 0.289. The Balaban J connectivity index is 2.04. The number of hydrogen-bond acceptors (Lipinski definition) is 1. The summed E-state index contributed by atoms with van der Waals surface area (Å²) in [5.74, 6) is 0.289. The van der Waals surface area contributed by atoms with Crippen LogP contribution in [0.5, 0.6) is 0 Å². The van der Waals surface area contributed by atoms with Crippen LogP contribution in [-0.2, 0) is 12.8 Å². The lowest BCUT2D eigenvalue weighted by molar-refractivity contribution is 0.0994. The number of Topliss-reactive ketones (excluding diaryl/α,β-unsaturated/α-hetero) is 1. The molecule has 0 aromatic heterocycles. The van der Waals surface area contributed by atoms with Gasteiger partial charge >= 0.3 is 0 Å². The van der Waals surface area contributed by atoms with Crippen molar-refractivity contribution in [1.29, 1.82) is 0 Å². The van der Waals surface area contributed by atoms with E-state index in [0.717, 1.165) is 28.4 Å². The molecule has 0 unspecified atom stereocenters. The molecule has 0 radical (unpaired) electrons. The van der Waals surface area contributed by atoms with Gasteiger partial charge in [-0.25, -0.2) is 0 Å². The number of carbonyl (C=O) groups is 1. The van der Waals surface area contributed by atoms with E-state index in [4.69, 9.17) is 0 Å². The first kappa shape index (κ1) is 11.7. The summed E-state index contributed by atoms with van der Waals surface area (Å²) in [6.45, 7) is 0. The molecule has 2 aromatic carbocycles. The molecular weight excluding hydrogens is 288 g/mol. The SMILES string of the molecule is O=C1CCc2c(Br)ccc(Cc3ccccc3)c21. The fourth-order valence-corrected chi connectivity index (χ4v) is 3.12. The lowest BCUT2D eigenvalue weighted by Crippen LogP contribution is -2.00. The number of carbonyl (C=O) groups excluding carboxylic acids is 1. The highest BCUT2D eigenvalue weighted by atomic mass is 79.9. The van der Waals surface area contributed by atoms with Crippen molar-refractivity contribution in [3.05, 3.63) is 69.2 Å². The lowest BCUT2D eigenvalue weighted by atomic mass is 9.97. The van der Waals surface area contributed by atoms with E-state index in [1.165, 1.54) is 11.1 Å². The first-order valence-corrected chi connectivity index (χ1v) is 6.92. The highest BCUT2D eigenvalue weighted by molar-refractivity contribution is 9.10. The molecule has 2 heteroatoms. The van der Waals surface area contributed by atoms with Gasteiger partial charge < -0.3 is 0 Å². The Morgan fingerprint density at radius 1 is 1.00 bits per heavy atom. The van der Waals surface area contributed by atoms with Crippen molar-refractivity contribution >= 4 is 21.7 Å². The maximum Gasteiger partial charge on any atom is 0.163 e. The van der Waals surface area contributed by atoms with E-state index < -0.39 is 0 Å². The third kappa shape index (κ3) is 2.01. The van der Waals surface area contributed by atoms with Gasteiger partial charge in [-0.05, 0) is 35.6 Å². The van der Waals surface area contributed by atoms with Gasteiger partial charge in [0, 0.05) is 16.5 Å². The van der Waals surface area contributed by atoms with Crippen LogP contribution in [0.4, 0.5) is 0 Å². The molecule has 0 atom stereocenters. The van der Waals surface area contributed by atoms with Gasteiger partial charge in [0.25, 0.3) is 0 Å². The summed E-state index contributed by atoms with van der Waals surface area (Å²) < 4.78 is 1.07. The third-order valence-electron chi connectivity index (χ3n) is 3.46. The van der Waals surface area contributed by atoms with Crippen molar-refractivity contribution in [2.45, 2.75) is 19.3 Å². The number of hydrogen-bond donors (Lipinski definition) is 0. The first-order chi connectivity index (χ1) is 8.75. The van der Waals surface area contributed by atoms with Gasteiger partial charge in [-0.3, -0.25) is 4.79 Å². The Labute approximate surface area is 115 Å². The molecule has 1 aliphatic rings. The van der Waals surface area contributed by atoms with E-state index in [-0.39, 0.29) is 5.78 Å². The average Bonchev–Trinajstić information content (AvgIpc) is 2.78. The van der Waals surface area contributed by atoms with Gasteiger partial charge in [0.1, 0.15) is 0 Å². The maximum atomic E-state index is 12.0. The fourth-order valence-electron chi connectivity index (χ4n) is 2.59. The molecule has 0 heterocycles. The quantitative estimate of drug-likeness (QED) is 0.813. The van der Waals surface area contributed by atoms with E-state index in [2.05, 4.69) is 40.2 Å². The second-order valence-corrected chi connectivity index (χ2v) is 5.50. The summed E-state index contributed by atoms with van der Waals surface area (Å²) in [5.41, 5.74) is 4.55. The van der Waals surface area contributed by atoms with Crippen LogP contribution in [0, 0.1) is 0 Å². The van der Waals surface area contributed by atoms with Gasteiger partial charge in [0.2, 0.25) is 0 Å². The van der Waals surface area contributed by atoms with Crippen molar-refractivity contribution < 1.29 is 4.79 Å². The van der Waals surface area contributed by atoms with E-state index in [0.29, 0.717) is 6.42 Å². The van der Waals surface area contributed by atoms with Gasteiger partial charge in [0.05, 0.1) is 0 Å². The predicted molar refractivity (Wildman–Crippen MR) is 76.0 cm³/mol. The fraction of sp³-hybridized carbons (Fsp3) is 0.188. The van der Waals surface area contributed by atoms with Crippen LogP contribution in [0.15, 0.2) is 46.9 Å². The standard InChI is InChI=1S/C16H13BrO/c17-14-8-6-12(10-11-4-2-1-3-5-11)16-13(14)7-9-15(16)18/h1-6,8H,7,9-10H2. The van der Waals surface area contributed by atoms with Crippen LogP contribution >= 0.6 is 15.9 Å². The summed E-state index contributed by atoms with van der Waals surface area (Å²) in [6.07, 6.45) is 2.36. The Kier molecular flexibility index (Phi) is 3.04. The van der Waals surface area contributed by atoms with Crippen molar-refractivity contribution in [1.82, 2.24) is 0 Å². The number of fused-ring (bicyclic) bond motifs is 1. The molecule has 0 aliphatic heterocycles. The monoisotopic (exact) mass is 300 g/mol. The highest BCUT2D eigenvalue weighted by Crippen LogP contribution is 2.32. The van der Waals surface area contributed by atoms with Crippen molar-refractivity contribution in [2.75, 3.05) is 0 Å². The average molecular weight is 301 g/mol. The zero-order valence-corrected chi connectivity index (χ0v) is 11.5. The van der Waals surface area contributed by atoms with E-state index in [1.807, 2.05) is 18.2 Å². The van der Waals surface area contributed by atoms with Crippen molar-refractivity contribution in [3.8, 4) is 0 Å². The summed E-state index contributed by atoms with van der Waals surface area (Å²) in [6, 6.07) is 14.4. The molecule has 3 rings (SSSR count). The van der Waals surface area contributed by atoms with E-state index >= 15 is 0 Å². The molecule has 0 amide bonds. The molecule has 0 N–H and O–H groups in total. The molecule has 0 saturated heterocycles. The Morgan fingerprint density at radius 2 is 1.78 bits per heavy atom. The number of halogens is 1. The maximum absolute atomic E-state index is 12.0. The third-order valence-corrected chi connectivity index (χ3v) is 4.20. The first-order valence-electron chi connectivity index (χ1n) is 6.13. The molecule has 0 spiro atoms. The van der Waals surface area contributed by atoms with E-state index in [1.54, 1.807) is 0 Å². The second kappa shape index (κ2) is 4.69. The summed E-state index contributed by atoms with van der Waals surface area (Å²) in [4.78, 5) is 12.0. The molecule has 0 bridgehead atoms. The summed E-state index contributed by atoms with van der Waals surface area (Å²) >= 11 is 3.54. The Bertz CT molecular complexity index is 602. The molecule has 0 saturated carbocycles. The van der Waals surface area contributed by atoms with Gasteiger partial charge in [-0.2, -0.15) is 0 Å². The number of rotatable bonds is 2. The van der Waals surface area contributed by atoms with Crippen LogP contribution < -0.4 is 0 Å². The molecule has 18 heavy (non-hydrogen) atoms. The molecule has 90 valence electrons. The van der Waals surface area contributed by atoms with Gasteiger partial charge in [-0.15, -0.1) is 0 Å². The van der Waals surface area contributed by atoms with Crippen molar-refractivity contribution in [3.63, 3.8) is 0 Å². The Morgan fingerprint density at radius 3 is 2.56 bits per heavy atom. The molecular formula is C16H13BrO. The predicted octanol–water partition coefficient (Wildman–Crippen LogP) is 4.17. The topological polar surface area (TPSA) is 17.1 Å². The zero-order valence-electron chi connectivity index (χ0n) is 9.95. The molecule has 1 aliphatic carbocycles. The highest BCUT2D eigenvalue weighted by Gasteiger charge is 2.24. The lowest BCUT2D eigenvalue weighted by Gasteiger charge is -2.09. The zero-order chi connectivity index (χ0) is 12.5. The van der Waals surface area contributed by atoms with Gasteiger partial charge in [0.15, 0.2) is 5.78 Å². The minimum atomic E-state index is 0.289. The smallest absolute Gasteiger partial charge is 0.163 e. The Hall–Kier alpha value is -1.41. The van der Waals surface area contributed by atoms with Crippen LogP contribution in [0.2, 0.25) is 0 Å². The van der Waals surface area contributed by atoms with Crippen LogP contribution in [-0.4, -0.2) is 5.78 Å². The number of benzene rings is 2. The summed E-state index contributed by atoms with van der Waals surface area (Å²) in [7, 11) is 0. The molecule has 0 fully saturated rings. The van der Waals surface area contributed by atoms with Crippen LogP contribution in [0.3, 0.4) is 0 Å². The van der Waals surface area contributed by atoms with Crippen molar-refractivity contribution in [2.24, 2.45) is 0 Å². The molecule has 2 aromatic rings. The van der Waals surface area contributed by atoms with Crippen LogP contribution in [0.1, 0.15) is 33.5 Å². The van der Waals surface area contributed by atoms with Gasteiger partial charge in [-0.1, -0.05) is 52.3 Å². The largest absolute Gasteiger partial charge is 0.294 e. The van der Waals surface area contributed by atoms with Crippen LogP contribution in [0.25, 0.3) is 0 Å². The minimum Gasteiger partial charge on any atom is -0.294 e. The molecule has 1 nitrogen and oxygen atoms in total. The number of ketones is 1. The summed E-state index contributed by atoms with van der Waals surface area (Å²) in [5, 5.41) is 0. The second-order valence-electron chi connectivity index (χ2n) is 4.65.